The zero-order valence-corrected chi connectivity index (χ0v) is 23.8. The van der Waals surface area contributed by atoms with Gasteiger partial charge < -0.3 is 14.6 Å². The summed E-state index contributed by atoms with van der Waals surface area (Å²) < 4.78 is 10.5. The molecule has 0 saturated heterocycles. The molecule has 0 heterocycles. The lowest BCUT2D eigenvalue weighted by molar-refractivity contribution is -0.161. The van der Waals surface area contributed by atoms with Crippen molar-refractivity contribution in [3.63, 3.8) is 0 Å². The van der Waals surface area contributed by atoms with Gasteiger partial charge in [-0.15, -0.1) is 0 Å². The molecule has 5 heteroatoms. The number of unbranched alkanes of at least 4 members (excludes halogenated alkanes) is 17. The maximum atomic E-state index is 12.0. The van der Waals surface area contributed by atoms with E-state index in [1.165, 1.54) is 83.5 Å². The van der Waals surface area contributed by atoms with Gasteiger partial charge in [-0.1, -0.05) is 116 Å². The van der Waals surface area contributed by atoms with E-state index in [9.17, 15) is 14.7 Å². The lowest BCUT2D eigenvalue weighted by Crippen LogP contribution is -2.28. The number of ether oxygens (including phenoxy) is 2. The summed E-state index contributed by atoms with van der Waals surface area (Å²) in [5, 5.41) is 9.44. The van der Waals surface area contributed by atoms with Gasteiger partial charge in [0.2, 0.25) is 0 Å². The molecule has 5 nitrogen and oxygen atoms in total. The second-order valence-electron chi connectivity index (χ2n) is 10.2. The molecule has 0 aliphatic heterocycles. The van der Waals surface area contributed by atoms with E-state index in [1.807, 2.05) is 0 Å². The fourth-order valence-corrected chi connectivity index (χ4v) is 4.19. The lowest BCUT2D eigenvalue weighted by atomic mass is 10.1. The van der Waals surface area contributed by atoms with Crippen LogP contribution in [-0.2, 0) is 19.1 Å². The minimum atomic E-state index is -0.765. The van der Waals surface area contributed by atoms with Crippen molar-refractivity contribution in [3.05, 3.63) is 12.2 Å². The first-order valence-electron chi connectivity index (χ1n) is 15.2. The smallest absolute Gasteiger partial charge is 0.306 e. The van der Waals surface area contributed by atoms with Crippen LogP contribution in [0.2, 0.25) is 0 Å². The van der Waals surface area contributed by atoms with Crippen molar-refractivity contribution in [1.82, 2.24) is 0 Å². The molecule has 0 aliphatic carbocycles. The first-order valence-corrected chi connectivity index (χ1v) is 15.2. The third-order valence-corrected chi connectivity index (χ3v) is 6.56. The summed E-state index contributed by atoms with van der Waals surface area (Å²) in [7, 11) is 0. The molecule has 0 aromatic carbocycles. The zero-order chi connectivity index (χ0) is 26.5. The van der Waals surface area contributed by atoms with E-state index < -0.39 is 6.10 Å². The Bertz CT molecular complexity index is 517. The first-order chi connectivity index (χ1) is 17.6. The van der Waals surface area contributed by atoms with E-state index in [4.69, 9.17) is 9.47 Å². The summed E-state index contributed by atoms with van der Waals surface area (Å²) in [5.74, 6) is -0.604. The Hall–Kier alpha value is -1.36. The summed E-state index contributed by atoms with van der Waals surface area (Å²) in [6.07, 6.45) is 28.4. The summed E-state index contributed by atoms with van der Waals surface area (Å²) >= 11 is 0. The van der Waals surface area contributed by atoms with Gasteiger partial charge >= 0.3 is 11.9 Å². The number of aliphatic hydroxyl groups is 1. The molecule has 1 unspecified atom stereocenters. The highest BCUT2D eigenvalue weighted by Gasteiger charge is 2.16. The predicted octanol–water partition coefficient (Wildman–Crippen LogP) is 8.61. The number of hydrogen-bond acceptors (Lipinski definition) is 5. The minimum Gasteiger partial charge on any atom is -0.462 e. The van der Waals surface area contributed by atoms with E-state index in [2.05, 4.69) is 26.0 Å². The molecule has 0 aliphatic rings. The van der Waals surface area contributed by atoms with Crippen LogP contribution in [0.4, 0.5) is 0 Å². The molecule has 0 amide bonds. The second kappa shape index (κ2) is 28.2. The van der Waals surface area contributed by atoms with E-state index in [1.54, 1.807) is 0 Å². The largest absolute Gasteiger partial charge is 0.462 e. The Morgan fingerprint density at radius 1 is 0.611 bits per heavy atom. The van der Waals surface area contributed by atoms with E-state index >= 15 is 0 Å². The maximum Gasteiger partial charge on any atom is 0.306 e. The quantitative estimate of drug-likeness (QED) is 0.0680. The Kier molecular flexibility index (Phi) is 27.1. The molecule has 212 valence electrons. The molecule has 0 rings (SSSR count). The predicted molar refractivity (Wildman–Crippen MR) is 150 cm³/mol. The van der Waals surface area contributed by atoms with Gasteiger partial charge in [-0.3, -0.25) is 9.59 Å². The maximum absolute atomic E-state index is 12.0. The van der Waals surface area contributed by atoms with Gasteiger partial charge in [-0.2, -0.15) is 0 Å². The van der Waals surface area contributed by atoms with Crippen molar-refractivity contribution in [2.45, 2.75) is 161 Å². The van der Waals surface area contributed by atoms with E-state index in [0.29, 0.717) is 12.8 Å². The topological polar surface area (TPSA) is 72.8 Å². The van der Waals surface area contributed by atoms with Crippen LogP contribution in [-0.4, -0.2) is 36.4 Å². The summed E-state index contributed by atoms with van der Waals surface area (Å²) in [4.78, 5) is 23.9. The van der Waals surface area contributed by atoms with Crippen LogP contribution in [0, 0.1) is 0 Å². The average molecular weight is 511 g/mol. The van der Waals surface area contributed by atoms with Crippen LogP contribution in [0.3, 0.4) is 0 Å². The molecule has 1 N–H and O–H groups in total. The number of aliphatic hydroxyl groups excluding tert-OH is 1. The van der Waals surface area contributed by atoms with Crippen molar-refractivity contribution in [3.8, 4) is 0 Å². The van der Waals surface area contributed by atoms with E-state index in [0.717, 1.165) is 44.9 Å². The van der Waals surface area contributed by atoms with Gasteiger partial charge in [0.15, 0.2) is 6.10 Å². The molecule has 0 bridgehead atoms. The Labute approximate surface area is 222 Å². The number of esters is 2. The number of hydrogen-bond donors (Lipinski definition) is 1. The zero-order valence-electron chi connectivity index (χ0n) is 23.8. The molecule has 0 saturated carbocycles. The van der Waals surface area contributed by atoms with Crippen molar-refractivity contribution in [2.24, 2.45) is 0 Å². The van der Waals surface area contributed by atoms with Gasteiger partial charge in [0.25, 0.3) is 0 Å². The lowest BCUT2D eigenvalue weighted by Gasteiger charge is -2.15. The fraction of sp³-hybridized carbons (Fsp3) is 0.871. The van der Waals surface area contributed by atoms with Gasteiger partial charge in [0.1, 0.15) is 6.61 Å². The fourth-order valence-electron chi connectivity index (χ4n) is 4.19. The average Bonchev–Trinajstić information content (AvgIpc) is 2.88. The third-order valence-electron chi connectivity index (χ3n) is 6.56. The van der Waals surface area contributed by atoms with Crippen LogP contribution < -0.4 is 0 Å². The minimum absolute atomic E-state index is 0.0651. The first kappa shape index (κ1) is 34.6. The standard InChI is InChI=1S/C31H58O5/c1-3-5-7-9-11-13-14-15-16-17-18-20-22-24-26-31(34)36-29(27-32)28-35-30(33)25-23-21-19-12-10-8-6-4-2/h14-15,29,32H,3-13,16-28H2,1-2H3/b15-14-. The van der Waals surface area contributed by atoms with Crippen LogP contribution in [0.1, 0.15) is 155 Å². The molecular formula is C31H58O5. The Morgan fingerprint density at radius 2 is 1.03 bits per heavy atom. The van der Waals surface area contributed by atoms with Crippen molar-refractivity contribution >= 4 is 11.9 Å². The molecular weight excluding hydrogens is 452 g/mol. The highest BCUT2D eigenvalue weighted by molar-refractivity contribution is 5.70. The number of allylic oxidation sites excluding steroid dienone is 2. The van der Waals surface area contributed by atoms with Crippen molar-refractivity contribution < 1.29 is 24.2 Å². The second-order valence-corrected chi connectivity index (χ2v) is 10.2. The highest BCUT2D eigenvalue weighted by atomic mass is 16.6. The van der Waals surface area contributed by atoms with Crippen LogP contribution >= 0.6 is 0 Å². The number of rotatable bonds is 27. The SMILES string of the molecule is CCCCCCC/C=C\CCCCCCCC(=O)OC(CO)COC(=O)CCCCCCCCCC. The number of carbonyl (C=O) groups is 2. The summed E-state index contributed by atoms with van der Waals surface area (Å²) in [6, 6.07) is 0. The number of carbonyl (C=O) groups excluding carboxylic acids is 2. The van der Waals surface area contributed by atoms with E-state index in [-0.39, 0.29) is 25.2 Å². The summed E-state index contributed by atoms with van der Waals surface area (Å²) in [6.45, 7) is 4.07. The van der Waals surface area contributed by atoms with Crippen LogP contribution in [0.5, 0.6) is 0 Å². The van der Waals surface area contributed by atoms with Gasteiger partial charge in [0.05, 0.1) is 6.61 Å². The Morgan fingerprint density at radius 3 is 1.50 bits per heavy atom. The van der Waals surface area contributed by atoms with Gasteiger partial charge in [-0.05, 0) is 38.5 Å². The highest BCUT2D eigenvalue weighted by Crippen LogP contribution is 2.12. The van der Waals surface area contributed by atoms with Gasteiger partial charge in [0, 0.05) is 12.8 Å². The molecule has 0 radical (unpaired) electrons. The summed E-state index contributed by atoms with van der Waals surface area (Å²) in [5.41, 5.74) is 0. The molecule has 0 aromatic heterocycles. The molecule has 36 heavy (non-hydrogen) atoms. The molecule has 0 spiro atoms. The van der Waals surface area contributed by atoms with Crippen molar-refractivity contribution in [1.29, 1.82) is 0 Å². The third kappa shape index (κ3) is 25.7. The Balaban J connectivity index is 3.60. The molecule has 0 fully saturated rings. The van der Waals surface area contributed by atoms with Gasteiger partial charge in [-0.25, -0.2) is 0 Å². The van der Waals surface area contributed by atoms with Crippen LogP contribution in [0.15, 0.2) is 12.2 Å². The van der Waals surface area contributed by atoms with Crippen molar-refractivity contribution in [2.75, 3.05) is 13.2 Å². The molecule has 0 aromatic rings. The monoisotopic (exact) mass is 510 g/mol. The van der Waals surface area contributed by atoms with Crippen LogP contribution in [0.25, 0.3) is 0 Å². The molecule has 1 atom stereocenters. The normalized spacial score (nSPS) is 12.2.